The minimum Gasteiger partial charge on any atom is -0.356 e. The number of halogens is 2. The summed E-state index contributed by atoms with van der Waals surface area (Å²) in [5.74, 6) is 0.505. The van der Waals surface area contributed by atoms with Gasteiger partial charge in [0.1, 0.15) is 0 Å². The van der Waals surface area contributed by atoms with E-state index in [1.807, 2.05) is 10.9 Å². The quantitative estimate of drug-likeness (QED) is 0.866. The van der Waals surface area contributed by atoms with Crippen LogP contribution < -0.4 is 11.1 Å². The largest absolute Gasteiger partial charge is 0.356 e. The van der Waals surface area contributed by atoms with Crippen molar-refractivity contribution in [1.29, 1.82) is 0 Å². The number of thiazole rings is 1. The highest BCUT2D eigenvalue weighted by Crippen LogP contribution is 2.25. The Morgan fingerprint density at radius 1 is 1.40 bits per heavy atom. The maximum absolute atomic E-state index is 11.8. The van der Waals surface area contributed by atoms with E-state index in [0.717, 1.165) is 25.0 Å². The van der Waals surface area contributed by atoms with E-state index in [1.165, 1.54) is 12.8 Å². The minimum atomic E-state index is 0. The normalized spacial score (nSPS) is 21.4. The number of hydrogen-bond acceptors (Lipinski definition) is 4. The Labute approximate surface area is 136 Å². The molecule has 0 aliphatic heterocycles. The lowest BCUT2D eigenvalue weighted by Crippen LogP contribution is -2.37. The van der Waals surface area contributed by atoms with Crippen LogP contribution in [0.15, 0.2) is 10.9 Å². The van der Waals surface area contributed by atoms with Crippen LogP contribution in [0.25, 0.3) is 0 Å². The summed E-state index contributed by atoms with van der Waals surface area (Å²) in [5, 5.41) is 4.98. The Balaban J connectivity index is 0.00000180. The van der Waals surface area contributed by atoms with Crippen molar-refractivity contribution in [3.05, 3.63) is 16.6 Å². The third kappa shape index (κ3) is 6.39. The first kappa shape index (κ1) is 19.6. The zero-order valence-corrected chi connectivity index (χ0v) is 13.9. The predicted octanol–water partition coefficient (Wildman–Crippen LogP) is 2.55. The van der Waals surface area contributed by atoms with Crippen LogP contribution in [0.3, 0.4) is 0 Å². The average molecular weight is 340 g/mol. The molecule has 1 amide bonds. The first-order valence-electron chi connectivity index (χ1n) is 6.65. The molecule has 116 valence electrons. The monoisotopic (exact) mass is 339 g/mol. The van der Waals surface area contributed by atoms with Crippen molar-refractivity contribution < 1.29 is 4.79 Å². The fourth-order valence-corrected chi connectivity index (χ4v) is 3.08. The van der Waals surface area contributed by atoms with Gasteiger partial charge in [0.15, 0.2) is 0 Å². The summed E-state index contributed by atoms with van der Waals surface area (Å²) >= 11 is 1.59. The third-order valence-electron chi connectivity index (χ3n) is 3.60. The van der Waals surface area contributed by atoms with Crippen LogP contribution in [-0.4, -0.2) is 23.5 Å². The van der Waals surface area contributed by atoms with E-state index in [1.54, 1.807) is 11.3 Å². The molecule has 3 N–H and O–H groups in total. The van der Waals surface area contributed by atoms with Crippen molar-refractivity contribution >= 4 is 42.1 Å². The number of carbonyl (C=O) groups excluding carboxylic acids is 1. The highest BCUT2D eigenvalue weighted by atomic mass is 35.5. The zero-order chi connectivity index (χ0) is 12.8. The summed E-state index contributed by atoms with van der Waals surface area (Å²) in [5.41, 5.74) is 8.91. The van der Waals surface area contributed by atoms with Crippen LogP contribution in [-0.2, 0) is 11.2 Å². The highest BCUT2D eigenvalue weighted by Gasteiger charge is 2.23. The second-order valence-electron chi connectivity index (χ2n) is 4.99. The van der Waals surface area contributed by atoms with E-state index in [4.69, 9.17) is 5.73 Å². The molecule has 7 heteroatoms. The lowest BCUT2D eigenvalue weighted by molar-refractivity contribution is -0.122. The number of hydrogen-bond donors (Lipinski definition) is 2. The van der Waals surface area contributed by atoms with Crippen molar-refractivity contribution in [1.82, 2.24) is 10.3 Å². The molecule has 0 radical (unpaired) electrons. The molecular formula is C13H23Cl2N3OS. The lowest BCUT2D eigenvalue weighted by atomic mass is 9.83. The Kier molecular flexibility index (Phi) is 10.2. The van der Waals surface area contributed by atoms with Crippen LogP contribution in [0.4, 0.5) is 0 Å². The smallest absolute Gasteiger partial charge is 0.220 e. The van der Waals surface area contributed by atoms with Crippen LogP contribution in [0.1, 0.15) is 37.8 Å². The van der Waals surface area contributed by atoms with Crippen molar-refractivity contribution in [2.75, 3.05) is 6.54 Å². The van der Waals surface area contributed by atoms with Gasteiger partial charge in [0.2, 0.25) is 5.91 Å². The van der Waals surface area contributed by atoms with E-state index in [0.29, 0.717) is 18.9 Å². The molecule has 2 unspecified atom stereocenters. The number of nitrogens with two attached hydrogens (primary N) is 1. The first-order valence-corrected chi connectivity index (χ1v) is 7.59. The molecule has 0 aromatic carbocycles. The topological polar surface area (TPSA) is 68.0 Å². The van der Waals surface area contributed by atoms with Gasteiger partial charge < -0.3 is 11.1 Å². The van der Waals surface area contributed by atoms with E-state index in [9.17, 15) is 4.79 Å². The average Bonchev–Trinajstić information content (AvgIpc) is 2.85. The molecule has 20 heavy (non-hydrogen) atoms. The van der Waals surface area contributed by atoms with Gasteiger partial charge in [-0.2, -0.15) is 0 Å². The third-order valence-corrected chi connectivity index (χ3v) is 4.24. The number of carbonyl (C=O) groups is 1. The van der Waals surface area contributed by atoms with E-state index in [-0.39, 0.29) is 36.8 Å². The summed E-state index contributed by atoms with van der Waals surface area (Å²) < 4.78 is 0. The van der Waals surface area contributed by atoms with Crippen LogP contribution in [0, 0.1) is 5.92 Å². The molecule has 1 aromatic rings. The van der Waals surface area contributed by atoms with E-state index < -0.39 is 0 Å². The molecule has 0 spiro atoms. The van der Waals surface area contributed by atoms with Gasteiger partial charge in [-0.25, -0.2) is 4.98 Å². The van der Waals surface area contributed by atoms with Crippen LogP contribution in [0.2, 0.25) is 0 Å². The Hall–Kier alpha value is -0.360. The summed E-state index contributed by atoms with van der Waals surface area (Å²) in [4.78, 5) is 16.0. The van der Waals surface area contributed by atoms with Gasteiger partial charge >= 0.3 is 0 Å². The number of aromatic nitrogens is 1. The fraction of sp³-hybridized carbons (Fsp3) is 0.692. The zero-order valence-electron chi connectivity index (χ0n) is 11.4. The molecule has 0 bridgehead atoms. The molecule has 1 aliphatic carbocycles. The number of rotatable bonds is 5. The highest BCUT2D eigenvalue weighted by molar-refractivity contribution is 7.07. The molecule has 1 saturated carbocycles. The summed E-state index contributed by atoms with van der Waals surface area (Å²) in [6.07, 6.45) is 5.98. The molecule has 0 saturated heterocycles. The summed E-state index contributed by atoms with van der Waals surface area (Å²) in [6.45, 7) is 0.671. The Bertz CT molecular complexity index is 376. The molecule has 1 heterocycles. The van der Waals surface area contributed by atoms with Gasteiger partial charge in [0.05, 0.1) is 11.2 Å². The molecule has 4 nitrogen and oxygen atoms in total. The van der Waals surface area contributed by atoms with Crippen molar-refractivity contribution in [3.63, 3.8) is 0 Å². The molecular weight excluding hydrogens is 317 g/mol. The van der Waals surface area contributed by atoms with Gasteiger partial charge in [-0.3, -0.25) is 4.79 Å². The van der Waals surface area contributed by atoms with Gasteiger partial charge in [-0.05, 0) is 18.8 Å². The maximum Gasteiger partial charge on any atom is 0.220 e. The molecule has 1 fully saturated rings. The Morgan fingerprint density at radius 2 is 2.15 bits per heavy atom. The second-order valence-corrected chi connectivity index (χ2v) is 5.71. The minimum absolute atomic E-state index is 0. The van der Waals surface area contributed by atoms with Crippen LogP contribution >= 0.6 is 36.2 Å². The SMILES string of the molecule is Cl.Cl.NC1CCCCC1CC(=O)NCCc1cscn1. The van der Waals surface area contributed by atoms with Gasteiger partial charge in [0.25, 0.3) is 0 Å². The van der Waals surface area contributed by atoms with E-state index >= 15 is 0 Å². The van der Waals surface area contributed by atoms with Gasteiger partial charge in [-0.15, -0.1) is 36.2 Å². The van der Waals surface area contributed by atoms with Crippen molar-refractivity contribution in [2.24, 2.45) is 11.7 Å². The maximum atomic E-state index is 11.8. The Morgan fingerprint density at radius 3 is 2.80 bits per heavy atom. The van der Waals surface area contributed by atoms with Crippen LogP contribution in [0.5, 0.6) is 0 Å². The molecule has 1 aromatic heterocycles. The fourth-order valence-electron chi connectivity index (χ4n) is 2.49. The molecule has 1 aliphatic rings. The lowest BCUT2D eigenvalue weighted by Gasteiger charge is -2.27. The van der Waals surface area contributed by atoms with Crippen molar-refractivity contribution in [3.8, 4) is 0 Å². The standard InChI is InChI=1S/C13H21N3OS.2ClH/c14-12-4-2-1-3-10(12)7-13(17)15-6-5-11-8-18-9-16-11;;/h8-10,12H,1-7,14H2,(H,15,17);2*1H. The first-order chi connectivity index (χ1) is 8.75. The second kappa shape index (κ2) is 10.4. The van der Waals surface area contributed by atoms with Gasteiger partial charge in [0, 0.05) is 30.8 Å². The molecule has 2 atom stereocenters. The summed E-state index contributed by atoms with van der Waals surface area (Å²) in [7, 11) is 0. The molecule has 2 rings (SSSR count). The number of nitrogens with zero attached hydrogens (tertiary/aromatic N) is 1. The van der Waals surface area contributed by atoms with Gasteiger partial charge in [-0.1, -0.05) is 12.8 Å². The predicted molar refractivity (Wildman–Crippen MR) is 87.9 cm³/mol. The van der Waals surface area contributed by atoms with E-state index in [2.05, 4.69) is 10.3 Å². The number of nitrogens with one attached hydrogen (secondary N) is 1. The summed E-state index contributed by atoms with van der Waals surface area (Å²) in [6, 6.07) is 0.211. The number of amides is 1. The van der Waals surface area contributed by atoms with Crippen molar-refractivity contribution in [2.45, 2.75) is 44.6 Å².